The van der Waals surface area contributed by atoms with E-state index in [9.17, 15) is 4.79 Å². The maximum Gasteiger partial charge on any atom is 0.229 e. The summed E-state index contributed by atoms with van der Waals surface area (Å²) in [7, 11) is 0. The molecule has 124 valence electrons. The van der Waals surface area contributed by atoms with Crippen LogP contribution in [0.4, 0.5) is 11.5 Å². The molecular formula is C19H20ClN3O. The van der Waals surface area contributed by atoms with Crippen molar-refractivity contribution in [1.82, 2.24) is 4.98 Å². The molecule has 4 nitrogen and oxygen atoms in total. The largest absolute Gasteiger partial charge is 0.370 e. The first kappa shape index (κ1) is 15.5. The van der Waals surface area contributed by atoms with E-state index in [-0.39, 0.29) is 17.7 Å². The Kier molecular flexibility index (Phi) is 4.15. The third-order valence-electron chi connectivity index (χ3n) is 4.90. The lowest BCUT2D eigenvalue weighted by Gasteiger charge is -2.17. The van der Waals surface area contributed by atoms with Gasteiger partial charge in [-0.1, -0.05) is 29.8 Å². The average Bonchev–Trinajstić information content (AvgIpc) is 3.20. The van der Waals surface area contributed by atoms with E-state index in [2.05, 4.69) is 15.2 Å². The quantitative estimate of drug-likeness (QED) is 0.911. The van der Waals surface area contributed by atoms with E-state index in [0.717, 1.165) is 35.8 Å². The molecule has 1 amide bonds. The average molecular weight is 342 g/mol. The number of hydrogen-bond donors (Lipinski definition) is 1. The van der Waals surface area contributed by atoms with Crippen LogP contribution in [0.1, 0.15) is 30.7 Å². The Hall–Kier alpha value is -2.07. The van der Waals surface area contributed by atoms with Gasteiger partial charge in [-0.3, -0.25) is 4.79 Å². The molecule has 2 fully saturated rings. The van der Waals surface area contributed by atoms with Crippen LogP contribution >= 0.6 is 11.6 Å². The van der Waals surface area contributed by atoms with Crippen LogP contribution in [0.25, 0.3) is 0 Å². The second-order valence-corrected chi connectivity index (χ2v) is 6.96. The van der Waals surface area contributed by atoms with Crippen molar-refractivity contribution in [3.63, 3.8) is 0 Å². The van der Waals surface area contributed by atoms with Crippen molar-refractivity contribution in [2.24, 2.45) is 5.92 Å². The molecule has 1 N–H and O–H groups in total. The van der Waals surface area contributed by atoms with Gasteiger partial charge in [0.25, 0.3) is 0 Å². The molecule has 2 unspecified atom stereocenters. The van der Waals surface area contributed by atoms with Crippen LogP contribution in [0.2, 0.25) is 5.02 Å². The van der Waals surface area contributed by atoms with E-state index in [1.165, 1.54) is 12.8 Å². The fraction of sp³-hybridized carbons (Fsp3) is 0.368. The summed E-state index contributed by atoms with van der Waals surface area (Å²) in [5.41, 5.74) is 2.20. The number of benzene rings is 1. The SMILES string of the molecule is O=C(Nc1ccc(N2CCCC2)cn1)C1CC1c1ccccc1Cl. The van der Waals surface area contributed by atoms with Crippen LogP contribution in [0, 0.1) is 5.92 Å². The number of pyridine rings is 1. The molecule has 1 aliphatic heterocycles. The smallest absolute Gasteiger partial charge is 0.229 e. The molecule has 1 aliphatic carbocycles. The minimum absolute atomic E-state index is 0.00930. The summed E-state index contributed by atoms with van der Waals surface area (Å²) in [6.07, 6.45) is 5.17. The molecule has 0 bridgehead atoms. The first-order valence-corrected chi connectivity index (χ1v) is 8.86. The van der Waals surface area contributed by atoms with Crippen LogP contribution in [0.5, 0.6) is 0 Å². The minimum Gasteiger partial charge on any atom is -0.370 e. The summed E-state index contributed by atoms with van der Waals surface area (Å²) in [5, 5.41) is 3.67. The van der Waals surface area contributed by atoms with Crippen molar-refractivity contribution < 1.29 is 4.79 Å². The Morgan fingerprint density at radius 2 is 1.96 bits per heavy atom. The van der Waals surface area contributed by atoms with E-state index >= 15 is 0 Å². The second kappa shape index (κ2) is 6.44. The van der Waals surface area contributed by atoms with Gasteiger partial charge >= 0.3 is 0 Å². The fourth-order valence-electron chi connectivity index (χ4n) is 3.45. The summed E-state index contributed by atoms with van der Waals surface area (Å²) in [6, 6.07) is 11.7. The van der Waals surface area contributed by atoms with Crippen molar-refractivity contribution >= 4 is 29.0 Å². The van der Waals surface area contributed by atoms with Crippen LogP contribution < -0.4 is 10.2 Å². The zero-order valence-electron chi connectivity index (χ0n) is 13.4. The molecule has 4 rings (SSSR count). The number of rotatable bonds is 4. The maximum atomic E-state index is 12.4. The number of amides is 1. The van der Waals surface area contributed by atoms with Crippen LogP contribution in [-0.2, 0) is 4.79 Å². The molecule has 2 atom stereocenters. The second-order valence-electron chi connectivity index (χ2n) is 6.56. The third-order valence-corrected chi connectivity index (χ3v) is 5.25. The molecule has 1 aromatic carbocycles. The lowest BCUT2D eigenvalue weighted by molar-refractivity contribution is -0.117. The van der Waals surface area contributed by atoms with Crippen molar-refractivity contribution in [3.05, 3.63) is 53.2 Å². The molecule has 24 heavy (non-hydrogen) atoms. The summed E-state index contributed by atoms with van der Waals surface area (Å²) in [6.45, 7) is 2.18. The Balaban J connectivity index is 1.37. The first-order chi connectivity index (χ1) is 11.7. The number of hydrogen-bond acceptors (Lipinski definition) is 3. The molecule has 2 heterocycles. The van der Waals surface area contributed by atoms with Crippen molar-refractivity contribution in [2.45, 2.75) is 25.2 Å². The lowest BCUT2D eigenvalue weighted by atomic mass is 10.1. The molecule has 2 aliphatic rings. The summed E-state index contributed by atoms with van der Waals surface area (Å²) >= 11 is 6.22. The van der Waals surface area contributed by atoms with Crippen LogP contribution in [-0.4, -0.2) is 24.0 Å². The van der Waals surface area contributed by atoms with Gasteiger partial charge in [0, 0.05) is 24.0 Å². The summed E-state index contributed by atoms with van der Waals surface area (Å²) in [5.74, 6) is 0.863. The minimum atomic E-state index is -0.00930. The molecule has 0 radical (unpaired) electrons. The fourth-order valence-corrected chi connectivity index (χ4v) is 3.72. The number of aromatic nitrogens is 1. The van der Waals surface area contributed by atoms with E-state index in [4.69, 9.17) is 11.6 Å². The Labute approximate surface area is 146 Å². The Bertz CT molecular complexity index is 741. The van der Waals surface area contributed by atoms with Gasteiger partial charge in [-0.25, -0.2) is 4.98 Å². The van der Waals surface area contributed by atoms with Gasteiger partial charge in [-0.15, -0.1) is 0 Å². The molecule has 1 saturated heterocycles. The Morgan fingerprint density at radius 1 is 1.17 bits per heavy atom. The van der Waals surface area contributed by atoms with Crippen molar-refractivity contribution in [3.8, 4) is 0 Å². The van der Waals surface area contributed by atoms with E-state index < -0.39 is 0 Å². The highest BCUT2D eigenvalue weighted by Crippen LogP contribution is 2.49. The first-order valence-electron chi connectivity index (χ1n) is 8.48. The number of carbonyl (C=O) groups excluding carboxylic acids is 1. The monoisotopic (exact) mass is 341 g/mol. The number of anilines is 2. The lowest BCUT2D eigenvalue weighted by Crippen LogP contribution is -2.18. The van der Waals surface area contributed by atoms with Crippen molar-refractivity contribution in [2.75, 3.05) is 23.3 Å². The maximum absolute atomic E-state index is 12.4. The molecule has 1 aromatic heterocycles. The van der Waals surface area contributed by atoms with E-state index in [1.807, 2.05) is 42.6 Å². The highest BCUT2D eigenvalue weighted by atomic mass is 35.5. The van der Waals surface area contributed by atoms with Gasteiger partial charge in [-0.2, -0.15) is 0 Å². The standard InChI is InChI=1S/C19H20ClN3O/c20-17-6-2-1-5-14(17)15-11-16(15)19(24)22-18-8-7-13(12-21-18)23-9-3-4-10-23/h1-2,5-8,12,15-16H,3-4,9-11H2,(H,21,22,24). The number of halogens is 1. The van der Waals surface area contributed by atoms with Gasteiger partial charge in [0.2, 0.25) is 5.91 Å². The number of nitrogens with one attached hydrogen (secondary N) is 1. The molecule has 5 heteroatoms. The van der Waals surface area contributed by atoms with Crippen LogP contribution in [0.3, 0.4) is 0 Å². The van der Waals surface area contributed by atoms with Gasteiger partial charge in [0.05, 0.1) is 11.9 Å². The molecule has 2 aromatic rings. The normalized spacial score (nSPS) is 22.5. The third kappa shape index (κ3) is 3.11. The van der Waals surface area contributed by atoms with E-state index in [1.54, 1.807) is 0 Å². The van der Waals surface area contributed by atoms with Gasteiger partial charge < -0.3 is 10.2 Å². The highest BCUT2D eigenvalue weighted by Gasteiger charge is 2.44. The zero-order chi connectivity index (χ0) is 16.5. The van der Waals surface area contributed by atoms with Crippen molar-refractivity contribution in [1.29, 1.82) is 0 Å². The topological polar surface area (TPSA) is 45.2 Å². The highest BCUT2D eigenvalue weighted by molar-refractivity contribution is 6.31. The van der Waals surface area contributed by atoms with E-state index in [0.29, 0.717) is 5.82 Å². The summed E-state index contributed by atoms with van der Waals surface area (Å²) in [4.78, 5) is 19.1. The molecular weight excluding hydrogens is 322 g/mol. The van der Waals surface area contributed by atoms with Gasteiger partial charge in [0.1, 0.15) is 5.82 Å². The molecule has 1 saturated carbocycles. The summed E-state index contributed by atoms with van der Waals surface area (Å²) < 4.78 is 0. The Morgan fingerprint density at radius 3 is 2.67 bits per heavy atom. The predicted molar refractivity (Wildman–Crippen MR) is 96.6 cm³/mol. The molecule has 0 spiro atoms. The van der Waals surface area contributed by atoms with Crippen LogP contribution in [0.15, 0.2) is 42.6 Å². The zero-order valence-corrected chi connectivity index (χ0v) is 14.2. The predicted octanol–water partition coefficient (Wildman–Crippen LogP) is 4.08. The van der Waals surface area contributed by atoms with Gasteiger partial charge in [-0.05, 0) is 48.9 Å². The van der Waals surface area contributed by atoms with Gasteiger partial charge in [0.15, 0.2) is 0 Å². The number of nitrogens with zero attached hydrogens (tertiary/aromatic N) is 2. The number of carbonyl (C=O) groups is 1.